The molecule has 6 nitrogen and oxygen atoms in total. The molecule has 0 saturated heterocycles. The Morgan fingerprint density at radius 1 is 0.962 bits per heavy atom. The first-order valence-corrected chi connectivity index (χ1v) is 8.27. The van der Waals surface area contributed by atoms with Crippen molar-refractivity contribution in [1.29, 1.82) is 0 Å². The maximum Gasteiger partial charge on any atom is 0.311 e. The smallest absolute Gasteiger partial charge is 0.311 e. The summed E-state index contributed by atoms with van der Waals surface area (Å²) in [6.45, 7) is 5.41. The van der Waals surface area contributed by atoms with E-state index >= 15 is 0 Å². The molecule has 6 heteroatoms. The van der Waals surface area contributed by atoms with E-state index in [4.69, 9.17) is 4.74 Å². The molecule has 0 heterocycles. The first-order valence-electron chi connectivity index (χ1n) is 8.27. The molecule has 0 aliphatic carbocycles. The van der Waals surface area contributed by atoms with Crippen molar-refractivity contribution in [3.63, 3.8) is 0 Å². The van der Waals surface area contributed by atoms with Gasteiger partial charge in [0.25, 0.3) is 11.8 Å². The van der Waals surface area contributed by atoms with E-state index in [9.17, 15) is 14.4 Å². The standard InChI is InChI=1S/C20H22N2O4/c1-13-9-10-16(11-14(13)2)12-18(23)26-15(3)19(24)21-22-20(25)17-7-5-4-6-8-17/h4-11,15H,12H2,1-3H3,(H,21,24)(H,22,25)/t15-/m1/s1. The number of amides is 2. The molecule has 0 radical (unpaired) electrons. The fourth-order valence-corrected chi connectivity index (χ4v) is 2.25. The lowest BCUT2D eigenvalue weighted by Crippen LogP contribution is -2.46. The highest BCUT2D eigenvalue weighted by molar-refractivity contribution is 5.95. The molecular weight excluding hydrogens is 332 g/mol. The van der Waals surface area contributed by atoms with Gasteiger partial charge < -0.3 is 4.74 Å². The molecule has 2 rings (SSSR count). The summed E-state index contributed by atoms with van der Waals surface area (Å²) < 4.78 is 5.12. The zero-order valence-electron chi connectivity index (χ0n) is 15.0. The first-order chi connectivity index (χ1) is 12.4. The average molecular weight is 354 g/mol. The van der Waals surface area contributed by atoms with Crippen molar-refractivity contribution in [2.24, 2.45) is 0 Å². The zero-order chi connectivity index (χ0) is 19.1. The van der Waals surface area contributed by atoms with E-state index in [1.807, 2.05) is 32.0 Å². The van der Waals surface area contributed by atoms with Crippen LogP contribution in [-0.2, 0) is 20.7 Å². The SMILES string of the molecule is Cc1ccc(CC(=O)O[C@H](C)C(=O)NNC(=O)c2ccccc2)cc1C. The molecule has 2 N–H and O–H groups in total. The molecule has 1 atom stereocenters. The maximum atomic E-state index is 12.0. The van der Waals surface area contributed by atoms with Crippen molar-refractivity contribution in [3.8, 4) is 0 Å². The molecule has 2 amide bonds. The third-order valence-corrected chi connectivity index (χ3v) is 3.93. The molecule has 0 aliphatic rings. The number of rotatable bonds is 5. The highest BCUT2D eigenvalue weighted by atomic mass is 16.5. The molecule has 136 valence electrons. The summed E-state index contributed by atoms with van der Waals surface area (Å²) in [5.41, 5.74) is 8.00. The number of hydrogen-bond acceptors (Lipinski definition) is 4. The molecule has 0 aromatic heterocycles. The first kappa shape index (κ1) is 19.2. The van der Waals surface area contributed by atoms with Gasteiger partial charge in [-0.2, -0.15) is 0 Å². The van der Waals surface area contributed by atoms with Crippen LogP contribution in [0.1, 0.15) is 34.0 Å². The van der Waals surface area contributed by atoms with Gasteiger partial charge in [0, 0.05) is 5.56 Å². The van der Waals surface area contributed by atoms with Gasteiger partial charge >= 0.3 is 5.97 Å². The number of carbonyl (C=O) groups is 3. The molecule has 0 unspecified atom stereocenters. The van der Waals surface area contributed by atoms with Gasteiger partial charge in [0.15, 0.2) is 6.10 Å². The van der Waals surface area contributed by atoms with Crippen LogP contribution in [0.3, 0.4) is 0 Å². The minimum absolute atomic E-state index is 0.0785. The Hall–Kier alpha value is -3.15. The van der Waals surface area contributed by atoms with Crippen LogP contribution in [-0.4, -0.2) is 23.9 Å². The number of ether oxygens (including phenoxy) is 1. The maximum absolute atomic E-state index is 12.0. The number of hydrogen-bond donors (Lipinski definition) is 2. The third kappa shape index (κ3) is 5.44. The summed E-state index contributed by atoms with van der Waals surface area (Å²) in [5.74, 6) is -1.57. The summed E-state index contributed by atoms with van der Waals surface area (Å²) in [7, 11) is 0. The number of aryl methyl sites for hydroxylation is 2. The predicted octanol–water partition coefficient (Wildman–Crippen LogP) is 2.24. The summed E-state index contributed by atoms with van der Waals surface area (Å²) in [6, 6.07) is 14.2. The predicted molar refractivity (Wildman–Crippen MR) is 97.2 cm³/mol. The number of esters is 1. The normalized spacial score (nSPS) is 11.3. The van der Waals surface area contributed by atoms with Gasteiger partial charge in [0.05, 0.1) is 6.42 Å². The van der Waals surface area contributed by atoms with Crippen LogP contribution in [0.15, 0.2) is 48.5 Å². The van der Waals surface area contributed by atoms with E-state index in [1.54, 1.807) is 30.3 Å². The van der Waals surface area contributed by atoms with Gasteiger partial charge in [-0.3, -0.25) is 25.2 Å². The van der Waals surface area contributed by atoms with Crippen molar-refractivity contribution in [2.45, 2.75) is 33.3 Å². The Balaban J connectivity index is 1.81. The van der Waals surface area contributed by atoms with Gasteiger partial charge in [-0.25, -0.2) is 0 Å². The number of benzene rings is 2. The molecule has 26 heavy (non-hydrogen) atoms. The molecule has 0 aliphatic heterocycles. The van der Waals surface area contributed by atoms with Crippen molar-refractivity contribution in [1.82, 2.24) is 10.9 Å². The van der Waals surface area contributed by atoms with Crippen LogP contribution < -0.4 is 10.9 Å². The second-order valence-corrected chi connectivity index (χ2v) is 6.04. The van der Waals surface area contributed by atoms with Crippen LogP contribution >= 0.6 is 0 Å². The minimum atomic E-state index is -1.02. The molecule has 0 fully saturated rings. The van der Waals surface area contributed by atoms with Gasteiger partial charge in [-0.05, 0) is 49.6 Å². The van der Waals surface area contributed by atoms with Gasteiger partial charge in [0.2, 0.25) is 0 Å². The monoisotopic (exact) mass is 354 g/mol. The molecule has 2 aromatic carbocycles. The van der Waals surface area contributed by atoms with Crippen LogP contribution in [0, 0.1) is 13.8 Å². The fraction of sp³-hybridized carbons (Fsp3) is 0.250. The van der Waals surface area contributed by atoms with Crippen LogP contribution in [0.5, 0.6) is 0 Å². The second-order valence-electron chi connectivity index (χ2n) is 6.04. The molecule has 0 spiro atoms. The van der Waals surface area contributed by atoms with Gasteiger partial charge in [-0.1, -0.05) is 36.4 Å². The Kier molecular flexibility index (Phi) is 6.49. The minimum Gasteiger partial charge on any atom is -0.452 e. The van der Waals surface area contributed by atoms with E-state index in [2.05, 4.69) is 10.9 Å². The quantitative estimate of drug-likeness (QED) is 0.637. The lowest BCUT2D eigenvalue weighted by atomic mass is 10.0. The highest BCUT2D eigenvalue weighted by Crippen LogP contribution is 2.11. The average Bonchev–Trinajstić information content (AvgIpc) is 2.63. The van der Waals surface area contributed by atoms with Crippen molar-refractivity contribution in [2.75, 3.05) is 0 Å². The molecule has 2 aromatic rings. The number of carbonyl (C=O) groups excluding carboxylic acids is 3. The molecule has 0 bridgehead atoms. The number of hydrazine groups is 1. The van der Waals surface area contributed by atoms with E-state index < -0.39 is 23.9 Å². The second kappa shape index (κ2) is 8.80. The topological polar surface area (TPSA) is 84.5 Å². The molecule has 0 saturated carbocycles. The van der Waals surface area contributed by atoms with Crippen LogP contribution in [0.25, 0.3) is 0 Å². The van der Waals surface area contributed by atoms with Crippen LogP contribution in [0.4, 0.5) is 0 Å². The van der Waals surface area contributed by atoms with E-state index in [0.717, 1.165) is 16.7 Å². The highest BCUT2D eigenvalue weighted by Gasteiger charge is 2.19. The Bertz CT molecular complexity index is 803. The van der Waals surface area contributed by atoms with Crippen molar-refractivity contribution in [3.05, 3.63) is 70.8 Å². The van der Waals surface area contributed by atoms with Crippen molar-refractivity contribution >= 4 is 17.8 Å². The van der Waals surface area contributed by atoms with E-state index in [-0.39, 0.29) is 6.42 Å². The lowest BCUT2D eigenvalue weighted by molar-refractivity contribution is -0.154. The van der Waals surface area contributed by atoms with E-state index in [0.29, 0.717) is 5.56 Å². The summed E-state index contributed by atoms with van der Waals surface area (Å²) >= 11 is 0. The summed E-state index contributed by atoms with van der Waals surface area (Å²) in [6.07, 6.45) is -0.945. The fourth-order valence-electron chi connectivity index (χ4n) is 2.25. The van der Waals surface area contributed by atoms with E-state index in [1.165, 1.54) is 6.92 Å². The lowest BCUT2D eigenvalue weighted by Gasteiger charge is -2.14. The van der Waals surface area contributed by atoms with Gasteiger partial charge in [-0.15, -0.1) is 0 Å². The Morgan fingerprint density at radius 2 is 1.65 bits per heavy atom. The largest absolute Gasteiger partial charge is 0.452 e. The Labute approximate surface area is 152 Å². The third-order valence-electron chi connectivity index (χ3n) is 3.93. The Morgan fingerprint density at radius 3 is 2.31 bits per heavy atom. The molecular formula is C20H22N2O4. The summed E-state index contributed by atoms with van der Waals surface area (Å²) in [5, 5.41) is 0. The van der Waals surface area contributed by atoms with Crippen molar-refractivity contribution < 1.29 is 19.1 Å². The summed E-state index contributed by atoms with van der Waals surface area (Å²) in [4.78, 5) is 35.8. The van der Waals surface area contributed by atoms with Gasteiger partial charge in [0.1, 0.15) is 0 Å². The zero-order valence-corrected chi connectivity index (χ0v) is 15.0. The van der Waals surface area contributed by atoms with Crippen LogP contribution in [0.2, 0.25) is 0 Å². The number of nitrogens with one attached hydrogen (secondary N) is 2.